The lowest BCUT2D eigenvalue weighted by Gasteiger charge is -2.29. The van der Waals surface area contributed by atoms with Gasteiger partial charge in [-0.15, -0.1) is 11.3 Å². The van der Waals surface area contributed by atoms with E-state index in [9.17, 15) is 14.9 Å². The van der Waals surface area contributed by atoms with Crippen molar-refractivity contribution in [3.8, 4) is 0 Å². The first-order valence-electron chi connectivity index (χ1n) is 10.4. The van der Waals surface area contributed by atoms with Crippen LogP contribution in [-0.4, -0.2) is 53.6 Å². The fourth-order valence-corrected chi connectivity index (χ4v) is 5.45. The highest BCUT2D eigenvalue weighted by Crippen LogP contribution is 2.38. The Labute approximate surface area is 183 Å². The largest absolute Gasteiger partial charge is 0.378 e. The minimum Gasteiger partial charge on any atom is -0.378 e. The summed E-state index contributed by atoms with van der Waals surface area (Å²) >= 11 is 1.61. The molecular weight excluding hydrogens is 416 g/mol. The molecule has 1 atom stereocenters. The van der Waals surface area contributed by atoms with E-state index in [0.29, 0.717) is 44.1 Å². The average molecular weight is 439 g/mol. The lowest BCUT2D eigenvalue weighted by molar-refractivity contribution is -0.384. The van der Waals surface area contributed by atoms with Gasteiger partial charge < -0.3 is 14.5 Å². The van der Waals surface area contributed by atoms with Crippen LogP contribution in [0.1, 0.15) is 34.2 Å². The Bertz CT molecular complexity index is 1110. The first-order chi connectivity index (χ1) is 15.1. The summed E-state index contributed by atoms with van der Waals surface area (Å²) in [5.41, 5.74) is 1.78. The third-order valence-electron chi connectivity index (χ3n) is 5.88. The Balaban J connectivity index is 1.44. The van der Waals surface area contributed by atoms with E-state index < -0.39 is 4.92 Å². The molecular formula is C22H22N4O4S. The number of nitrogens with zero attached hydrogens (tertiary/aromatic N) is 4. The van der Waals surface area contributed by atoms with Crippen LogP contribution >= 0.6 is 11.3 Å². The number of rotatable bonds is 4. The Morgan fingerprint density at radius 2 is 1.97 bits per heavy atom. The predicted octanol–water partition coefficient (Wildman–Crippen LogP) is 4.02. The van der Waals surface area contributed by atoms with Gasteiger partial charge in [0, 0.05) is 31.3 Å². The van der Waals surface area contributed by atoms with Crippen molar-refractivity contribution in [3.63, 3.8) is 0 Å². The van der Waals surface area contributed by atoms with Gasteiger partial charge in [-0.1, -0.05) is 12.1 Å². The van der Waals surface area contributed by atoms with Crippen molar-refractivity contribution < 1.29 is 14.5 Å². The first kappa shape index (κ1) is 19.9. The van der Waals surface area contributed by atoms with Crippen LogP contribution in [0.25, 0.3) is 10.2 Å². The van der Waals surface area contributed by atoms with Crippen molar-refractivity contribution in [3.05, 3.63) is 63.1 Å². The fourth-order valence-electron chi connectivity index (χ4n) is 4.34. The van der Waals surface area contributed by atoms with Gasteiger partial charge in [0.2, 0.25) is 0 Å². The van der Waals surface area contributed by atoms with Gasteiger partial charge in [0.15, 0.2) is 0 Å². The molecule has 2 aromatic carbocycles. The van der Waals surface area contributed by atoms with E-state index in [-0.39, 0.29) is 17.6 Å². The van der Waals surface area contributed by atoms with Gasteiger partial charge in [-0.2, -0.15) is 0 Å². The maximum atomic E-state index is 13.4. The van der Waals surface area contributed by atoms with Gasteiger partial charge in [-0.3, -0.25) is 14.9 Å². The summed E-state index contributed by atoms with van der Waals surface area (Å²) in [6.07, 6.45) is 1.74. The predicted molar refractivity (Wildman–Crippen MR) is 119 cm³/mol. The standard InChI is InChI=1S/C22H22N4O4S/c27-22(15-7-8-17(19(14-15)26(28)29)24-10-12-30-13-11-24)25-9-3-5-18(25)21-23-16-4-1-2-6-20(16)31-21/h1-2,4,6-8,14,18H,3,5,9-13H2. The average Bonchev–Trinajstić information content (AvgIpc) is 3.45. The molecule has 2 aliphatic rings. The quantitative estimate of drug-likeness (QED) is 0.452. The van der Waals surface area contributed by atoms with Gasteiger partial charge in [-0.05, 0) is 37.1 Å². The van der Waals surface area contributed by atoms with Crippen molar-refractivity contribution >= 4 is 38.8 Å². The second-order valence-corrected chi connectivity index (χ2v) is 8.80. The monoisotopic (exact) mass is 438 g/mol. The third-order valence-corrected chi connectivity index (χ3v) is 7.02. The highest BCUT2D eigenvalue weighted by molar-refractivity contribution is 7.18. The molecule has 160 valence electrons. The smallest absolute Gasteiger partial charge is 0.293 e. The number of thiazole rings is 1. The number of nitro groups is 1. The number of anilines is 1. The second-order valence-electron chi connectivity index (χ2n) is 7.74. The van der Waals surface area contributed by atoms with Crippen LogP contribution in [0.4, 0.5) is 11.4 Å². The van der Waals surface area contributed by atoms with E-state index in [4.69, 9.17) is 9.72 Å². The third kappa shape index (κ3) is 3.75. The zero-order chi connectivity index (χ0) is 21.4. The molecule has 0 radical (unpaired) electrons. The van der Waals surface area contributed by atoms with E-state index >= 15 is 0 Å². The van der Waals surface area contributed by atoms with Gasteiger partial charge >= 0.3 is 0 Å². The van der Waals surface area contributed by atoms with E-state index in [1.165, 1.54) is 6.07 Å². The summed E-state index contributed by atoms with van der Waals surface area (Å²) in [6.45, 7) is 2.89. The van der Waals surface area contributed by atoms with Crippen LogP contribution in [0.15, 0.2) is 42.5 Å². The van der Waals surface area contributed by atoms with Gasteiger partial charge in [0.25, 0.3) is 11.6 Å². The number of carbonyl (C=O) groups excluding carboxylic acids is 1. The van der Waals surface area contributed by atoms with Crippen molar-refractivity contribution in [1.29, 1.82) is 0 Å². The molecule has 31 heavy (non-hydrogen) atoms. The van der Waals surface area contributed by atoms with Crippen molar-refractivity contribution in [2.45, 2.75) is 18.9 Å². The first-order valence-corrected chi connectivity index (χ1v) is 11.2. The molecule has 1 aromatic heterocycles. The van der Waals surface area contributed by atoms with Crippen molar-refractivity contribution in [2.75, 3.05) is 37.7 Å². The summed E-state index contributed by atoms with van der Waals surface area (Å²) in [5, 5.41) is 12.7. The van der Waals surface area contributed by atoms with E-state index in [2.05, 4.69) is 0 Å². The number of ether oxygens (including phenoxy) is 1. The Hall–Kier alpha value is -3.04. The van der Waals surface area contributed by atoms with Gasteiger partial charge in [0.1, 0.15) is 10.7 Å². The van der Waals surface area contributed by atoms with Crippen molar-refractivity contribution in [1.82, 2.24) is 9.88 Å². The lowest BCUT2D eigenvalue weighted by Crippen LogP contribution is -2.36. The molecule has 0 bridgehead atoms. The number of aromatic nitrogens is 1. The number of benzene rings is 2. The summed E-state index contributed by atoms with van der Waals surface area (Å²) in [7, 11) is 0. The molecule has 1 amide bonds. The zero-order valence-electron chi connectivity index (χ0n) is 16.9. The topological polar surface area (TPSA) is 88.8 Å². The molecule has 3 heterocycles. The van der Waals surface area contributed by atoms with Crippen LogP contribution in [0.2, 0.25) is 0 Å². The van der Waals surface area contributed by atoms with Crippen molar-refractivity contribution in [2.24, 2.45) is 0 Å². The zero-order valence-corrected chi connectivity index (χ0v) is 17.7. The molecule has 2 saturated heterocycles. The Morgan fingerprint density at radius 1 is 1.16 bits per heavy atom. The Kier molecular flexibility index (Phi) is 5.29. The van der Waals surface area contributed by atoms with Crippen LogP contribution in [-0.2, 0) is 4.74 Å². The molecule has 0 spiro atoms. The molecule has 2 aliphatic heterocycles. The highest BCUT2D eigenvalue weighted by Gasteiger charge is 2.34. The minimum atomic E-state index is -0.406. The second kappa shape index (κ2) is 8.24. The molecule has 5 rings (SSSR count). The Morgan fingerprint density at radius 3 is 2.74 bits per heavy atom. The van der Waals surface area contributed by atoms with E-state index in [0.717, 1.165) is 28.1 Å². The number of nitro benzene ring substituents is 1. The minimum absolute atomic E-state index is 0.0384. The summed E-state index contributed by atoms with van der Waals surface area (Å²) in [4.78, 5) is 33.2. The molecule has 0 aliphatic carbocycles. The van der Waals surface area contributed by atoms with E-state index in [1.54, 1.807) is 23.5 Å². The molecule has 9 heteroatoms. The molecule has 8 nitrogen and oxygen atoms in total. The SMILES string of the molecule is O=C(c1ccc(N2CCOCC2)c([N+](=O)[O-])c1)N1CCCC1c1nc2ccccc2s1. The number of morpholine rings is 1. The van der Waals surface area contributed by atoms with E-state index in [1.807, 2.05) is 34.1 Å². The molecule has 3 aromatic rings. The van der Waals surface area contributed by atoms with Gasteiger partial charge in [0.05, 0.1) is 34.4 Å². The molecule has 1 unspecified atom stereocenters. The number of fused-ring (bicyclic) bond motifs is 1. The van der Waals surface area contributed by atoms with Crippen LogP contribution in [0.5, 0.6) is 0 Å². The fraction of sp³-hybridized carbons (Fsp3) is 0.364. The highest BCUT2D eigenvalue weighted by atomic mass is 32.1. The summed E-state index contributed by atoms with van der Waals surface area (Å²) in [5.74, 6) is -0.182. The molecule has 0 saturated carbocycles. The van der Waals surface area contributed by atoms with Crippen LogP contribution < -0.4 is 4.90 Å². The normalized spacial score (nSPS) is 19.2. The summed E-state index contributed by atoms with van der Waals surface area (Å²) in [6, 6.07) is 12.7. The number of hydrogen-bond donors (Lipinski definition) is 0. The molecule has 0 N–H and O–H groups in total. The maximum Gasteiger partial charge on any atom is 0.293 e. The van der Waals surface area contributed by atoms with Crippen LogP contribution in [0.3, 0.4) is 0 Å². The number of hydrogen-bond acceptors (Lipinski definition) is 7. The molecule has 2 fully saturated rings. The maximum absolute atomic E-state index is 13.4. The van der Waals surface area contributed by atoms with Crippen LogP contribution in [0, 0.1) is 10.1 Å². The summed E-state index contributed by atoms with van der Waals surface area (Å²) < 4.78 is 6.45. The van der Waals surface area contributed by atoms with Gasteiger partial charge in [-0.25, -0.2) is 4.98 Å². The number of para-hydroxylation sites is 1. The lowest BCUT2D eigenvalue weighted by atomic mass is 10.1. The number of amides is 1. The number of likely N-dealkylation sites (tertiary alicyclic amines) is 1. The number of carbonyl (C=O) groups is 1.